The van der Waals surface area contributed by atoms with Gasteiger partial charge in [-0.3, -0.25) is 9.80 Å². The lowest BCUT2D eigenvalue weighted by Gasteiger charge is -2.43. The van der Waals surface area contributed by atoms with E-state index in [9.17, 15) is 13.6 Å². The zero-order valence-electron chi connectivity index (χ0n) is 19.9. The van der Waals surface area contributed by atoms with Crippen LogP contribution in [0.4, 0.5) is 19.3 Å². The number of benzene rings is 1. The van der Waals surface area contributed by atoms with Gasteiger partial charge in [0.1, 0.15) is 5.65 Å². The van der Waals surface area contributed by atoms with Crippen LogP contribution in [-0.4, -0.2) is 80.8 Å². The van der Waals surface area contributed by atoms with Crippen molar-refractivity contribution in [3.05, 3.63) is 66.4 Å². The number of amides is 2. The second kappa shape index (κ2) is 9.87. The smallest absolute Gasteiger partial charge is 0.324 e. The first-order chi connectivity index (χ1) is 18.0. The Balaban J connectivity index is 1.22. The molecule has 192 valence electrons. The van der Waals surface area contributed by atoms with E-state index in [1.807, 2.05) is 41.4 Å². The van der Waals surface area contributed by atoms with Gasteiger partial charge in [-0.15, -0.1) is 10.2 Å². The van der Waals surface area contributed by atoms with Gasteiger partial charge in [0, 0.05) is 49.8 Å². The van der Waals surface area contributed by atoms with Gasteiger partial charge in [0.25, 0.3) is 5.89 Å². The van der Waals surface area contributed by atoms with Crippen LogP contribution < -0.4 is 4.90 Å². The first-order valence-electron chi connectivity index (χ1n) is 12.1. The minimum atomic E-state index is -2.83. The molecule has 5 heterocycles. The molecule has 2 aliphatic rings. The Bertz CT molecular complexity index is 1380. The topological polar surface area (TPSA) is 92.2 Å². The number of carbonyl (C=O) groups is 1. The van der Waals surface area contributed by atoms with Gasteiger partial charge in [-0.05, 0) is 24.3 Å². The third-order valence-corrected chi connectivity index (χ3v) is 6.72. The van der Waals surface area contributed by atoms with Crippen LogP contribution in [0, 0.1) is 0 Å². The number of alkyl halides is 2. The number of aromatic nitrogens is 4. The zero-order valence-corrected chi connectivity index (χ0v) is 19.9. The molecule has 0 bridgehead atoms. The van der Waals surface area contributed by atoms with Crippen molar-refractivity contribution in [2.45, 2.75) is 19.0 Å². The summed E-state index contributed by atoms with van der Waals surface area (Å²) in [6.45, 7) is 4.74. The number of ether oxygens (including phenoxy) is 1. The van der Waals surface area contributed by atoms with Crippen LogP contribution in [0.15, 0.2) is 59.3 Å². The summed E-state index contributed by atoms with van der Waals surface area (Å²) in [5.74, 6) is -0.728. The van der Waals surface area contributed by atoms with Gasteiger partial charge in [0.05, 0.1) is 31.5 Å². The van der Waals surface area contributed by atoms with Crippen molar-refractivity contribution in [1.29, 1.82) is 0 Å². The molecule has 6 rings (SSSR count). The average molecular weight is 510 g/mol. The van der Waals surface area contributed by atoms with Crippen molar-refractivity contribution in [3.63, 3.8) is 0 Å². The number of halogens is 2. The van der Waals surface area contributed by atoms with Crippen LogP contribution in [-0.2, 0) is 11.3 Å². The molecule has 0 spiro atoms. The van der Waals surface area contributed by atoms with Crippen LogP contribution in [0.2, 0.25) is 0 Å². The number of carbonyl (C=O) groups excluding carboxylic acids is 1. The fourth-order valence-electron chi connectivity index (χ4n) is 4.61. The molecular formula is C25H25F2N7O3. The van der Waals surface area contributed by atoms with E-state index < -0.39 is 12.3 Å². The first kappa shape index (κ1) is 23.5. The second-order valence-electron chi connectivity index (χ2n) is 9.08. The molecule has 10 nitrogen and oxygen atoms in total. The summed E-state index contributed by atoms with van der Waals surface area (Å²) >= 11 is 0. The van der Waals surface area contributed by atoms with Crippen molar-refractivity contribution in [1.82, 2.24) is 29.4 Å². The van der Waals surface area contributed by atoms with Crippen molar-refractivity contribution in [2.24, 2.45) is 0 Å². The van der Waals surface area contributed by atoms with Gasteiger partial charge in [-0.2, -0.15) is 8.78 Å². The third kappa shape index (κ3) is 4.77. The number of urea groups is 1. The lowest BCUT2D eigenvalue weighted by molar-refractivity contribution is -0.0738. The number of nitrogens with zero attached hydrogens (tertiary/aromatic N) is 7. The highest BCUT2D eigenvalue weighted by molar-refractivity contribution is 5.92. The van der Waals surface area contributed by atoms with Crippen LogP contribution in [0.5, 0.6) is 0 Å². The minimum Gasteiger partial charge on any atom is -0.415 e. The fraction of sp³-hybridized carbons (Fsp3) is 0.360. The molecule has 0 atom stereocenters. The SMILES string of the molecule is O=C(N1CCN(C2COC2)CC1)N(Cc1cn2ccc(-c3nnc(C(F)F)o3)cc2n1)c1ccccc1. The van der Waals surface area contributed by atoms with Gasteiger partial charge >= 0.3 is 12.5 Å². The minimum absolute atomic E-state index is 0.00366. The highest BCUT2D eigenvalue weighted by atomic mass is 19.3. The Morgan fingerprint density at radius 1 is 1.08 bits per heavy atom. The summed E-state index contributed by atoms with van der Waals surface area (Å²) in [5.41, 5.74) is 2.51. The molecule has 4 aromatic rings. The quantitative estimate of drug-likeness (QED) is 0.393. The maximum Gasteiger partial charge on any atom is 0.324 e. The second-order valence-corrected chi connectivity index (χ2v) is 9.08. The van der Waals surface area contributed by atoms with Gasteiger partial charge < -0.3 is 18.5 Å². The molecule has 12 heteroatoms. The van der Waals surface area contributed by atoms with Crippen molar-refractivity contribution >= 4 is 17.4 Å². The maximum absolute atomic E-state index is 13.7. The van der Waals surface area contributed by atoms with E-state index in [4.69, 9.17) is 9.15 Å². The number of piperazine rings is 1. The Labute approximate surface area is 211 Å². The molecule has 2 amide bonds. The molecule has 37 heavy (non-hydrogen) atoms. The highest BCUT2D eigenvalue weighted by Crippen LogP contribution is 2.25. The molecule has 2 fully saturated rings. The molecule has 0 aliphatic carbocycles. The van der Waals surface area contributed by atoms with E-state index in [2.05, 4.69) is 20.1 Å². The molecule has 3 aromatic heterocycles. The summed E-state index contributed by atoms with van der Waals surface area (Å²) in [6.07, 6.45) is 0.750. The highest BCUT2D eigenvalue weighted by Gasteiger charge is 2.32. The zero-order chi connectivity index (χ0) is 25.4. The Morgan fingerprint density at radius 2 is 1.86 bits per heavy atom. The van der Waals surface area contributed by atoms with E-state index >= 15 is 0 Å². The molecule has 1 aromatic carbocycles. The molecule has 0 radical (unpaired) electrons. The van der Waals surface area contributed by atoms with E-state index in [1.54, 1.807) is 27.6 Å². The number of hydrogen-bond donors (Lipinski definition) is 0. The predicted octanol–water partition coefficient (Wildman–Crippen LogP) is 3.46. The number of hydrogen-bond acceptors (Lipinski definition) is 7. The summed E-state index contributed by atoms with van der Waals surface area (Å²) in [6, 6.07) is 13.3. The molecule has 2 aliphatic heterocycles. The molecule has 0 unspecified atom stereocenters. The normalized spacial score (nSPS) is 16.9. The number of rotatable bonds is 6. The van der Waals surface area contributed by atoms with Crippen LogP contribution in [0.3, 0.4) is 0 Å². The van der Waals surface area contributed by atoms with Gasteiger partial charge in [-0.1, -0.05) is 18.2 Å². The van der Waals surface area contributed by atoms with Crippen LogP contribution >= 0.6 is 0 Å². The van der Waals surface area contributed by atoms with E-state index in [1.165, 1.54) is 0 Å². The standard InChI is InChI=1S/C25H25F2N7O3/c26-22(27)24-30-29-23(37-24)17-6-7-33-13-18(28-21(33)12-17)14-34(19-4-2-1-3-5-19)25(35)32-10-8-31(9-11-32)20-15-36-16-20/h1-7,12-13,20,22H,8-11,14-16H2. The third-order valence-electron chi connectivity index (χ3n) is 6.72. The van der Waals surface area contributed by atoms with E-state index in [-0.39, 0.29) is 18.5 Å². The number of pyridine rings is 1. The van der Waals surface area contributed by atoms with E-state index in [0.29, 0.717) is 36.0 Å². The van der Waals surface area contributed by atoms with Crippen LogP contribution in [0.25, 0.3) is 17.1 Å². The Hall–Kier alpha value is -3.90. The number of fused-ring (bicyclic) bond motifs is 1. The largest absolute Gasteiger partial charge is 0.415 e. The lowest BCUT2D eigenvalue weighted by Crippen LogP contribution is -2.59. The van der Waals surface area contributed by atoms with E-state index in [0.717, 1.165) is 32.0 Å². The Kier molecular flexibility index (Phi) is 6.26. The lowest BCUT2D eigenvalue weighted by atomic mass is 10.2. The summed E-state index contributed by atoms with van der Waals surface area (Å²) in [7, 11) is 0. The Morgan fingerprint density at radius 3 is 2.54 bits per heavy atom. The average Bonchev–Trinajstić information content (AvgIpc) is 3.54. The first-order valence-corrected chi connectivity index (χ1v) is 12.1. The number of para-hydroxylation sites is 1. The summed E-state index contributed by atoms with van der Waals surface area (Å²) in [4.78, 5) is 24.3. The fourth-order valence-corrected chi connectivity index (χ4v) is 4.61. The van der Waals surface area contributed by atoms with Crippen molar-refractivity contribution in [3.8, 4) is 11.5 Å². The summed E-state index contributed by atoms with van der Waals surface area (Å²) in [5, 5.41) is 7.09. The molecule has 0 N–H and O–H groups in total. The van der Waals surface area contributed by atoms with Crippen molar-refractivity contribution in [2.75, 3.05) is 44.3 Å². The van der Waals surface area contributed by atoms with Crippen molar-refractivity contribution < 1.29 is 22.7 Å². The molecule has 0 saturated carbocycles. The van der Waals surface area contributed by atoms with Gasteiger partial charge in [-0.25, -0.2) is 9.78 Å². The van der Waals surface area contributed by atoms with Gasteiger partial charge in [0.15, 0.2) is 0 Å². The van der Waals surface area contributed by atoms with Crippen LogP contribution in [0.1, 0.15) is 18.0 Å². The molecular weight excluding hydrogens is 484 g/mol. The number of imidazole rings is 1. The maximum atomic E-state index is 13.7. The van der Waals surface area contributed by atoms with Gasteiger partial charge in [0.2, 0.25) is 5.89 Å². The summed E-state index contributed by atoms with van der Waals surface area (Å²) < 4.78 is 37.8. The number of anilines is 1. The molecule has 2 saturated heterocycles. The monoisotopic (exact) mass is 509 g/mol. The predicted molar refractivity (Wildman–Crippen MR) is 129 cm³/mol.